The van der Waals surface area contributed by atoms with E-state index in [0.717, 1.165) is 0 Å². The topological polar surface area (TPSA) is 102 Å². The summed E-state index contributed by atoms with van der Waals surface area (Å²) in [5, 5.41) is 6.28. The zero-order chi connectivity index (χ0) is 14.0. The van der Waals surface area contributed by atoms with Crippen LogP contribution in [0.5, 0.6) is 0 Å². The maximum absolute atomic E-state index is 12.4. The number of carbonyl (C=O) groups excluding carboxylic acids is 1. The molecule has 9 heteroatoms. The van der Waals surface area contributed by atoms with Gasteiger partial charge in [-0.2, -0.15) is 9.40 Å². The molecule has 8 nitrogen and oxygen atoms in total. The minimum absolute atomic E-state index is 0.0559. The Morgan fingerprint density at radius 2 is 2.37 bits per heavy atom. The van der Waals surface area contributed by atoms with Crippen molar-refractivity contribution in [3.8, 4) is 0 Å². The lowest BCUT2D eigenvalue weighted by atomic mass is 10.3. The number of carbonyl (C=O) groups is 1. The number of nitrogens with zero attached hydrogens (tertiary/aromatic N) is 2. The van der Waals surface area contributed by atoms with Crippen molar-refractivity contribution >= 4 is 16.0 Å². The molecule has 0 spiro atoms. The number of morpholine rings is 1. The molecule has 1 atom stereocenters. The molecule has 1 fully saturated rings. The van der Waals surface area contributed by atoms with Crippen molar-refractivity contribution in [3.63, 3.8) is 0 Å². The summed E-state index contributed by atoms with van der Waals surface area (Å²) in [6, 6.07) is 0. The third kappa shape index (κ3) is 2.62. The molecular formula is C10H15N3O5S. The molecule has 106 valence electrons. The summed E-state index contributed by atoms with van der Waals surface area (Å²) in [5.74, 6) is -0.580. The van der Waals surface area contributed by atoms with Gasteiger partial charge in [-0.05, 0) is 6.92 Å². The van der Waals surface area contributed by atoms with Gasteiger partial charge in [0.2, 0.25) is 10.0 Å². The second kappa shape index (κ2) is 5.27. The number of ether oxygens (including phenoxy) is 2. The van der Waals surface area contributed by atoms with Crippen LogP contribution in [0, 0.1) is 6.92 Å². The number of methoxy groups -OCH3 is 1. The van der Waals surface area contributed by atoms with Crippen LogP contribution < -0.4 is 0 Å². The number of rotatable bonds is 3. The Kier molecular flexibility index (Phi) is 3.88. The molecule has 0 bridgehead atoms. The highest BCUT2D eigenvalue weighted by molar-refractivity contribution is 7.89. The van der Waals surface area contributed by atoms with Crippen molar-refractivity contribution in [3.05, 3.63) is 11.9 Å². The zero-order valence-electron chi connectivity index (χ0n) is 10.6. The monoisotopic (exact) mass is 289 g/mol. The van der Waals surface area contributed by atoms with E-state index in [1.807, 2.05) is 0 Å². The third-order valence-corrected chi connectivity index (χ3v) is 4.87. The lowest BCUT2D eigenvalue weighted by Gasteiger charge is -2.30. The smallest absolute Gasteiger partial charge is 0.336 e. The SMILES string of the molecule is COC(=O)C1CN(S(=O)(=O)c2cn[nH]c2C)CCO1. The zero-order valence-corrected chi connectivity index (χ0v) is 11.4. The number of esters is 1. The summed E-state index contributed by atoms with van der Waals surface area (Å²) >= 11 is 0. The maximum atomic E-state index is 12.4. The number of nitrogens with one attached hydrogen (secondary N) is 1. The molecule has 1 unspecified atom stereocenters. The largest absolute Gasteiger partial charge is 0.467 e. The summed E-state index contributed by atoms with van der Waals surface area (Å²) in [6.07, 6.45) is 0.369. The Bertz CT molecular complexity index is 567. The van der Waals surface area contributed by atoms with E-state index < -0.39 is 22.1 Å². The van der Waals surface area contributed by atoms with E-state index in [4.69, 9.17) is 4.74 Å². The molecule has 2 heterocycles. The van der Waals surface area contributed by atoms with E-state index in [1.165, 1.54) is 17.6 Å². The van der Waals surface area contributed by atoms with Crippen molar-refractivity contribution in [2.75, 3.05) is 26.8 Å². The Hall–Kier alpha value is -1.45. The van der Waals surface area contributed by atoms with E-state index in [1.54, 1.807) is 6.92 Å². The Balaban J connectivity index is 2.22. The first-order chi connectivity index (χ1) is 8.96. The third-order valence-electron chi connectivity index (χ3n) is 2.89. The van der Waals surface area contributed by atoms with Gasteiger partial charge in [0.15, 0.2) is 6.10 Å². The molecule has 1 saturated heterocycles. The Morgan fingerprint density at radius 1 is 1.63 bits per heavy atom. The molecule has 0 radical (unpaired) electrons. The van der Waals surface area contributed by atoms with Gasteiger partial charge < -0.3 is 9.47 Å². The average Bonchev–Trinajstić information content (AvgIpc) is 2.85. The maximum Gasteiger partial charge on any atom is 0.336 e. The van der Waals surface area contributed by atoms with E-state index >= 15 is 0 Å². The van der Waals surface area contributed by atoms with Crippen molar-refractivity contribution in [2.45, 2.75) is 17.9 Å². The first-order valence-electron chi connectivity index (χ1n) is 5.66. The summed E-state index contributed by atoms with van der Waals surface area (Å²) in [6.45, 7) is 1.91. The van der Waals surface area contributed by atoms with Gasteiger partial charge >= 0.3 is 5.97 Å². The number of hydrogen-bond donors (Lipinski definition) is 1. The van der Waals surface area contributed by atoms with Crippen LogP contribution in [0.2, 0.25) is 0 Å². The highest BCUT2D eigenvalue weighted by atomic mass is 32.2. The Morgan fingerprint density at radius 3 is 2.95 bits per heavy atom. The summed E-state index contributed by atoms with van der Waals surface area (Å²) in [5.41, 5.74) is 0.459. The number of aromatic nitrogens is 2. The van der Waals surface area contributed by atoms with E-state index in [2.05, 4.69) is 14.9 Å². The number of aromatic amines is 1. The average molecular weight is 289 g/mol. The van der Waals surface area contributed by atoms with Gasteiger partial charge in [0.05, 0.1) is 32.2 Å². The second-order valence-corrected chi connectivity index (χ2v) is 6.01. The molecule has 1 aromatic rings. The van der Waals surface area contributed by atoms with Crippen LogP contribution in [0.4, 0.5) is 0 Å². The van der Waals surface area contributed by atoms with Gasteiger partial charge in [0.25, 0.3) is 0 Å². The second-order valence-electron chi connectivity index (χ2n) is 4.10. The van der Waals surface area contributed by atoms with Gasteiger partial charge in [0, 0.05) is 6.54 Å². The van der Waals surface area contributed by atoms with Crippen molar-refractivity contribution in [1.82, 2.24) is 14.5 Å². The van der Waals surface area contributed by atoms with Gasteiger partial charge in [-0.15, -0.1) is 0 Å². The lowest BCUT2D eigenvalue weighted by Crippen LogP contribution is -2.48. The summed E-state index contributed by atoms with van der Waals surface area (Å²) in [7, 11) is -2.44. The van der Waals surface area contributed by atoms with Gasteiger partial charge in [-0.1, -0.05) is 0 Å². The minimum Gasteiger partial charge on any atom is -0.467 e. The van der Waals surface area contributed by atoms with Crippen LogP contribution in [0.15, 0.2) is 11.1 Å². The first-order valence-corrected chi connectivity index (χ1v) is 7.10. The molecule has 0 aliphatic carbocycles. The van der Waals surface area contributed by atoms with E-state index in [0.29, 0.717) is 5.69 Å². The fourth-order valence-corrected chi connectivity index (χ4v) is 3.40. The van der Waals surface area contributed by atoms with Gasteiger partial charge in [-0.3, -0.25) is 5.10 Å². The molecule has 0 saturated carbocycles. The van der Waals surface area contributed by atoms with E-state index in [-0.39, 0.29) is 24.6 Å². The predicted octanol–water partition coefficient (Wildman–Crippen LogP) is -0.719. The van der Waals surface area contributed by atoms with Crippen molar-refractivity contribution in [1.29, 1.82) is 0 Å². The molecular weight excluding hydrogens is 274 g/mol. The molecule has 1 aromatic heterocycles. The number of sulfonamides is 1. The van der Waals surface area contributed by atoms with Crippen LogP contribution in [0.3, 0.4) is 0 Å². The minimum atomic E-state index is -3.67. The normalized spacial score (nSPS) is 21.3. The van der Waals surface area contributed by atoms with Crippen LogP contribution >= 0.6 is 0 Å². The number of H-pyrrole nitrogens is 1. The summed E-state index contributed by atoms with van der Waals surface area (Å²) in [4.78, 5) is 11.5. The van der Waals surface area contributed by atoms with Crippen LogP contribution in [0.1, 0.15) is 5.69 Å². The number of hydrogen-bond acceptors (Lipinski definition) is 6. The fraction of sp³-hybridized carbons (Fsp3) is 0.600. The van der Waals surface area contributed by atoms with Gasteiger partial charge in [0.1, 0.15) is 4.90 Å². The molecule has 2 rings (SSSR count). The molecule has 0 amide bonds. The Labute approximate surface area is 110 Å². The first kappa shape index (κ1) is 14.0. The van der Waals surface area contributed by atoms with Crippen LogP contribution in [0.25, 0.3) is 0 Å². The predicted molar refractivity (Wildman–Crippen MR) is 63.8 cm³/mol. The molecule has 0 aromatic carbocycles. The highest BCUT2D eigenvalue weighted by Crippen LogP contribution is 2.20. The molecule has 19 heavy (non-hydrogen) atoms. The standard InChI is InChI=1S/C10H15N3O5S/c1-7-9(5-11-12-7)19(15,16)13-3-4-18-8(6-13)10(14)17-2/h5,8H,3-4,6H2,1-2H3,(H,11,12). The lowest BCUT2D eigenvalue weighted by molar-refractivity contribution is -0.157. The van der Waals surface area contributed by atoms with Crippen molar-refractivity contribution < 1.29 is 22.7 Å². The van der Waals surface area contributed by atoms with E-state index in [9.17, 15) is 13.2 Å². The molecule has 1 aliphatic heterocycles. The summed E-state index contributed by atoms with van der Waals surface area (Å²) < 4.78 is 35.7. The van der Waals surface area contributed by atoms with Crippen LogP contribution in [-0.2, 0) is 24.3 Å². The molecule has 1 N–H and O–H groups in total. The highest BCUT2D eigenvalue weighted by Gasteiger charge is 2.35. The van der Waals surface area contributed by atoms with Gasteiger partial charge in [-0.25, -0.2) is 13.2 Å². The molecule has 1 aliphatic rings. The quantitative estimate of drug-likeness (QED) is 0.737. The fourth-order valence-electron chi connectivity index (χ4n) is 1.86. The van der Waals surface area contributed by atoms with Crippen LogP contribution in [-0.4, -0.2) is 61.8 Å². The van der Waals surface area contributed by atoms with Crippen molar-refractivity contribution in [2.24, 2.45) is 0 Å². The number of aryl methyl sites for hydroxylation is 1.